The molecule has 2 heterocycles. The van der Waals surface area contributed by atoms with Crippen LogP contribution in [0.25, 0.3) is 0 Å². The van der Waals surface area contributed by atoms with E-state index in [4.69, 9.17) is 10.2 Å². The van der Waals surface area contributed by atoms with Crippen LogP contribution in [-0.4, -0.2) is 92.5 Å². The van der Waals surface area contributed by atoms with Gasteiger partial charge < -0.3 is 10.2 Å². The second-order valence-corrected chi connectivity index (χ2v) is 5.04. The molecule has 15 nitrogen and oxygen atoms in total. The molecule has 2 fully saturated rings. The maximum atomic E-state index is 12.1. The fraction of sp³-hybridized carbons (Fsp3) is 0.250. The van der Waals surface area contributed by atoms with Gasteiger partial charge in [0.2, 0.25) is 6.04 Å². The molecule has 0 spiro atoms. The van der Waals surface area contributed by atoms with Crippen LogP contribution in [-0.2, 0) is 28.8 Å². The number of aliphatic imine (C=N–C) groups is 1. The topological polar surface area (TPSA) is 220 Å². The number of carbonyl (C=O) groups is 8. The lowest BCUT2D eigenvalue weighted by atomic mass is 10.1. The second-order valence-electron chi connectivity index (χ2n) is 5.04. The van der Waals surface area contributed by atoms with Gasteiger partial charge in [-0.3, -0.25) is 49.3 Å². The van der Waals surface area contributed by atoms with Gasteiger partial charge in [-0.2, -0.15) is 0 Å². The summed E-state index contributed by atoms with van der Waals surface area (Å²) in [5.41, 5.74) is -1.14. The lowest BCUT2D eigenvalue weighted by Crippen LogP contribution is -2.63. The minimum atomic E-state index is -2.17. The summed E-state index contributed by atoms with van der Waals surface area (Å²) in [6, 6.07) is -4.87. The Morgan fingerprint density at radius 3 is 1.96 bits per heavy atom. The van der Waals surface area contributed by atoms with Crippen molar-refractivity contribution in [3.8, 4) is 0 Å². The number of carbonyl (C=O) groups excluding carboxylic acids is 6. The van der Waals surface area contributed by atoms with E-state index in [1.54, 1.807) is 10.6 Å². The lowest BCUT2D eigenvalue weighted by molar-refractivity contribution is -0.146. The van der Waals surface area contributed by atoms with Crippen LogP contribution in [0.3, 0.4) is 0 Å². The van der Waals surface area contributed by atoms with E-state index in [1.807, 2.05) is 0 Å². The number of hydrogen-bond donors (Lipinski definition) is 4. The summed E-state index contributed by atoms with van der Waals surface area (Å²) in [4.78, 5) is 95.9. The molecule has 15 heteroatoms. The normalized spacial score (nSPS) is 22.1. The Kier molecular flexibility index (Phi) is 4.95. The fourth-order valence-corrected chi connectivity index (χ4v) is 2.06. The highest BCUT2D eigenvalue weighted by Gasteiger charge is 2.44. The van der Waals surface area contributed by atoms with Gasteiger partial charge in [0.25, 0.3) is 23.6 Å². The first kappa shape index (κ1) is 19.2. The molecule has 1 unspecified atom stereocenters. The molecule has 2 aliphatic rings. The first-order valence-corrected chi connectivity index (χ1v) is 6.87. The number of barbiturate groups is 2. The Morgan fingerprint density at radius 2 is 1.41 bits per heavy atom. The highest BCUT2D eigenvalue weighted by atomic mass is 16.4. The van der Waals surface area contributed by atoms with Crippen LogP contribution in [0.1, 0.15) is 0 Å². The minimum Gasteiger partial charge on any atom is -0.480 e. The zero-order chi connectivity index (χ0) is 20.5. The van der Waals surface area contributed by atoms with Crippen LogP contribution in [0, 0.1) is 0 Å². The first-order chi connectivity index (χ1) is 12.5. The molecule has 0 aromatic carbocycles. The van der Waals surface area contributed by atoms with Crippen molar-refractivity contribution in [2.75, 3.05) is 13.1 Å². The molecule has 2 aliphatic heterocycles. The smallest absolute Gasteiger partial charge is 0.331 e. The van der Waals surface area contributed by atoms with Crippen LogP contribution < -0.4 is 10.6 Å². The van der Waals surface area contributed by atoms with Gasteiger partial charge in [0, 0.05) is 0 Å². The van der Waals surface area contributed by atoms with Gasteiger partial charge in [-0.05, 0) is 0 Å². The molecular formula is C12H9N5O10. The third-order valence-electron chi connectivity index (χ3n) is 3.20. The van der Waals surface area contributed by atoms with Crippen molar-refractivity contribution in [3.63, 3.8) is 0 Å². The summed E-state index contributed by atoms with van der Waals surface area (Å²) in [5.74, 6) is -8.87. The fourth-order valence-electron chi connectivity index (χ4n) is 2.06. The summed E-state index contributed by atoms with van der Waals surface area (Å²) >= 11 is 0. The summed E-state index contributed by atoms with van der Waals surface area (Å²) in [5, 5.41) is 20.6. The zero-order valence-corrected chi connectivity index (χ0v) is 13.0. The Hall–Kier alpha value is -4.17. The van der Waals surface area contributed by atoms with Crippen molar-refractivity contribution in [2.24, 2.45) is 4.99 Å². The largest absolute Gasteiger partial charge is 0.480 e. The number of imide groups is 4. The van der Waals surface area contributed by atoms with E-state index in [2.05, 4.69) is 4.99 Å². The highest BCUT2D eigenvalue weighted by molar-refractivity contribution is 6.69. The number of nitrogens with zero attached hydrogens (tertiary/aromatic N) is 3. The molecule has 8 amide bonds. The lowest BCUT2D eigenvalue weighted by Gasteiger charge is -2.28. The third-order valence-corrected chi connectivity index (χ3v) is 3.20. The second kappa shape index (κ2) is 6.98. The van der Waals surface area contributed by atoms with Crippen molar-refractivity contribution in [1.29, 1.82) is 0 Å². The number of aliphatic carboxylic acids is 2. The first-order valence-electron chi connectivity index (χ1n) is 6.87. The molecule has 0 aromatic heterocycles. The molecule has 0 saturated carbocycles. The Labute approximate surface area is 147 Å². The number of urea groups is 2. The summed E-state index contributed by atoms with van der Waals surface area (Å²) in [7, 11) is 0. The zero-order valence-electron chi connectivity index (χ0n) is 13.0. The van der Waals surface area contributed by atoms with E-state index >= 15 is 0 Å². The molecular weight excluding hydrogens is 374 g/mol. The van der Waals surface area contributed by atoms with Crippen LogP contribution in [0.4, 0.5) is 9.59 Å². The third kappa shape index (κ3) is 3.75. The molecule has 1 atom stereocenters. The molecule has 0 aliphatic carbocycles. The average Bonchev–Trinajstić information content (AvgIpc) is 2.54. The van der Waals surface area contributed by atoms with Gasteiger partial charge in [-0.25, -0.2) is 14.5 Å². The maximum absolute atomic E-state index is 12.1. The average molecular weight is 383 g/mol. The SMILES string of the molecule is O=C(O)CN1C(=O)NC(=O)C(=NC2C(=O)NC(=O)N(CC(=O)O)C2=O)C1=O. The number of carboxylic acids is 2. The Balaban J connectivity index is 2.38. The van der Waals surface area contributed by atoms with Gasteiger partial charge in [-0.1, -0.05) is 0 Å². The van der Waals surface area contributed by atoms with E-state index in [0.717, 1.165) is 0 Å². The highest BCUT2D eigenvalue weighted by Crippen LogP contribution is 2.10. The predicted octanol–water partition coefficient (Wildman–Crippen LogP) is -3.88. The number of rotatable bonds is 5. The van der Waals surface area contributed by atoms with Crippen molar-refractivity contribution in [3.05, 3.63) is 0 Å². The molecule has 142 valence electrons. The van der Waals surface area contributed by atoms with Crippen LogP contribution >= 0.6 is 0 Å². The Bertz CT molecular complexity index is 846. The van der Waals surface area contributed by atoms with Gasteiger partial charge >= 0.3 is 24.0 Å². The van der Waals surface area contributed by atoms with Crippen LogP contribution in [0.2, 0.25) is 0 Å². The van der Waals surface area contributed by atoms with Crippen LogP contribution in [0.15, 0.2) is 4.99 Å². The van der Waals surface area contributed by atoms with E-state index in [1.165, 1.54) is 0 Å². The summed E-state index contributed by atoms with van der Waals surface area (Å²) in [6.07, 6.45) is 0. The molecule has 2 rings (SSSR count). The summed E-state index contributed by atoms with van der Waals surface area (Å²) in [6.45, 7) is -2.26. The van der Waals surface area contributed by atoms with Gasteiger partial charge in [0.05, 0.1) is 0 Å². The van der Waals surface area contributed by atoms with Gasteiger partial charge in [0.1, 0.15) is 13.1 Å². The Morgan fingerprint density at radius 1 is 0.889 bits per heavy atom. The summed E-state index contributed by atoms with van der Waals surface area (Å²) < 4.78 is 0. The number of carboxylic acid groups (broad SMARTS) is 2. The maximum Gasteiger partial charge on any atom is 0.331 e. The van der Waals surface area contributed by atoms with Crippen molar-refractivity contribution in [1.82, 2.24) is 20.4 Å². The molecule has 2 saturated heterocycles. The number of amides is 8. The number of hydrogen-bond acceptors (Lipinski definition) is 9. The molecule has 27 heavy (non-hydrogen) atoms. The van der Waals surface area contributed by atoms with Gasteiger partial charge in [-0.15, -0.1) is 0 Å². The molecule has 0 aromatic rings. The minimum absolute atomic E-state index is 0.0912. The van der Waals surface area contributed by atoms with E-state index in [0.29, 0.717) is 0 Å². The standard InChI is InChI=1S/C12H9N5O10/c18-3(19)1-16-9(24)5(7(22)14-11(16)26)13-6-8(23)15-12(27)17(10(6)25)2-4(20)21/h5H,1-2H2,(H,18,19)(H,20,21)(H,14,22,26)(H,15,23,27). The van der Waals surface area contributed by atoms with Crippen LogP contribution in [0.5, 0.6) is 0 Å². The molecule has 0 radical (unpaired) electrons. The van der Waals surface area contributed by atoms with Crippen molar-refractivity contribution >= 4 is 53.3 Å². The van der Waals surface area contributed by atoms with E-state index in [-0.39, 0.29) is 9.80 Å². The van der Waals surface area contributed by atoms with E-state index < -0.39 is 72.5 Å². The quantitative estimate of drug-likeness (QED) is 0.338. The van der Waals surface area contributed by atoms with E-state index in [9.17, 15) is 38.4 Å². The molecule has 4 N–H and O–H groups in total. The van der Waals surface area contributed by atoms with Gasteiger partial charge in [0.15, 0.2) is 5.71 Å². The van der Waals surface area contributed by atoms with Crippen molar-refractivity contribution < 1.29 is 48.6 Å². The molecule has 0 bridgehead atoms. The monoisotopic (exact) mass is 383 g/mol. The number of nitrogens with one attached hydrogen (secondary N) is 2. The van der Waals surface area contributed by atoms with Crippen molar-refractivity contribution in [2.45, 2.75) is 6.04 Å². The predicted molar refractivity (Wildman–Crippen MR) is 77.0 cm³/mol.